The second kappa shape index (κ2) is 4.09. The molecule has 0 radical (unpaired) electrons. The Morgan fingerprint density at radius 3 is 2.54 bits per heavy atom. The number of rotatable bonds is 5. The van der Waals surface area contributed by atoms with Gasteiger partial charge in [-0.2, -0.15) is 0 Å². The van der Waals surface area contributed by atoms with Gasteiger partial charge in [0.15, 0.2) is 0 Å². The van der Waals surface area contributed by atoms with Crippen LogP contribution in [-0.2, 0) is 4.79 Å². The van der Waals surface area contributed by atoms with Crippen molar-refractivity contribution in [3.63, 3.8) is 0 Å². The van der Waals surface area contributed by atoms with E-state index in [0.717, 1.165) is 6.54 Å². The Kier molecular flexibility index (Phi) is 3.31. The molecule has 0 aromatic rings. The van der Waals surface area contributed by atoms with Crippen molar-refractivity contribution in [2.24, 2.45) is 5.41 Å². The van der Waals surface area contributed by atoms with Crippen molar-refractivity contribution in [3.8, 4) is 0 Å². The summed E-state index contributed by atoms with van der Waals surface area (Å²) in [6.45, 7) is 4.96. The van der Waals surface area contributed by atoms with Crippen molar-refractivity contribution in [3.05, 3.63) is 0 Å². The highest BCUT2D eigenvalue weighted by atomic mass is 16.4. The minimum atomic E-state index is -0.731. The van der Waals surface area contributed by atoms with Crippen LogP contribution in [0.15, 0.2) is 0 Å². The van der Waals surface area contributed by atoms with E-state index in [-0.39, 0.29) is 6.04 Å². The summed E-state index contributed by atoms with van der Waals surface area (Å²) >= 11 is 0. The molecule has 0 aliphatic heterocycles. The molecule has 2 N–H and O–H groups in total. The third-order valence-corrected chi connectivity index (χ3v) is 3.04. The molecule has 13 heavy (non-hydrogen) atoms. The Morgan fingerprint density at radius 2 is 2.23 bits per heavy atom. The second-order valence-electron chi connectivity index (χ2n) is 4.34. The van der Waals surface area contributed by atoms with Crippen LogP contribution in [0, 0.1) is 5.41 Å². The molecule has 1 atom stereocenters. The Bertz CT molecular complexity index is 187. The number of hydrogen-bond acceptors (Lipinski definition) is 2. The maximum Gasteiger partial charge on any atom is 0.320 e. The topological polar surface area (TPSA) is 49.3 Å². The fourth-order valence-electron chi connectivity index (χ4n) is 1.73. The zero-order valence-electron chi connectivity index (χ0n) is 8.47. The lowest BCUT2D eigenvalue weighted by Crippen LogP contribution is -2.44. The van der Waals surface area contributed by atoms with E-state index in [9.17, 15) is 4.79 Å². The average Bonchev–Trinajstić information content (AvgIpc) is 2.02. The molecule has 76 valence electrons. The molecule has 3 nitrogen and oxygen atoms in total. The number of carboxylic acids is 1. The van der Waals surface area contributed by atoms with Crippen molar-refractivity contribution >= 4 is 5.97 Å². The standard InChI is InChI=1S/C10H19NO2/c1-3-8(9(12)13)11-7-10(2)5-4-6-10/h8,11H,3-7H2,1-2H3,(H,12,13). The van der Waals surface area contributed by atoms with E-state index in [1.54, 1.807) is 0 Å². The minimum Gasteiger partial charge on any atom is -0.480 e. The van der Waals surface area contributed by atoms with Gasteiger partial charge in [0.25, 0.3) is 0 Å². The van der Waals surface area contributed by atoms with Gasteiger partial charge in [0, 0.05) is 6.54 Å². The van der Waals surface area contributed by atoms with Gasteiger partial charge in [-0.05, 0) is 24.7 Å². The van der Waals surface area contributed by atoms with Crippen LogP contribution in [0.2, 0.25) is 0 Å². The second-order valence-corrected chi connectivity index (χ2v) is 4.34. The molecule has 0 spiro atoms. The van der Waals surface area contributed by atoms with Crippen LogP contribution in [-0.4, -0.2) is 23.7 Å². The van der Waals surface area contributed by atoms with Gasteiger partial charge in [-0.15, -0.1) is 0 Å². The van der Waals surface area contributed by atoms with Gasteiger partial charge in [0.2, 0.25) is 0 Å². The Morgan fingerprint density at radius 1 is 1.62 bits per heavy atom. The largest absolute Gasteiger partial charge is 0.480 e. The molecular formula is C10H19NO2. The molecule has 1 rings (SSSR count). The maximum atomic E-state index is 10.7. The predicted molar refractivity (Wildman–Crippen MR) is 51.7 cm³/mol. The Balaban J connectivity index is 2.27. The fraction of sp³-hybridized carbons (Fsp3) is 0.900. The molecular weight excluding hydrogens is 166 g/mol. The highest BCUT2D eigenvalue weighted by Crippen LogP contribution is 2.39. The van der Waals surface area contributed by atoms with Crippen molar-refractivity contribution in [1.82, 2.24) is 5.32 Å². The van der Waals surface area contributed by atoms with Gasteiger partial charge in [-0.25, -0.2) is 0 Å². The van der Waals surface area contributed by atoms with E-state index in [4.69, 9.17) is 5.11 Å². The molecule has 3 heteroatoms. The lowest BCUT2D eigenvalue weighted by molar-refractivity contribution is -0.139. The molecule has 1 saturated carbocycles. The third kappa shape index (κ3) is 2.69. The number of aliphatic carboxylic acids is 1. The maximum absolute atomic E-state index is 10.7. The first-order valence-corrected chi connectivity index (χ1v) is 5.03. The van der Waals surface area contributed by atoms with Crippen molar-refractivity contribution < 1.29 is 9.90 Å². The lowest BCUT2D eigenvalue weighted by atomic mass is 9.70. The number of carbonyl (C=O) groups is 1. The molecule has 0 aromatic heterocycles. The zero-order chi connectivity index (χ0) is 9.90. The molecule has 0 saturated heterocycles. The molecule has 0 aromatic carbocycles. The third-order valence-electron chi connectivity index (χ3n) is 3.04. The average molecular weight is 185 g/mol. The SMILES string of the molecule is CCC(NCC1(C)CCC1)C(=O)O. The van der Waals surface area contributed by atoms with Crippen LogP contribution >= 0.6 is 0 Å². The van der Waals surface area contributed by atoms with Gasteiger partial charge >= 0.3 is 5.97 Å². The Hall–Kier alpha value is -0.570. The summed E-state index contributed by atoms with van der Waals surface area (Å²) in [5, 5.41) is 11.9. The van der Waals surface area contributed by atoms with Crippen molar-refractivity contribution in [1.29, 1.82) is 0 Å². The summed E-state index contributed by atoms with van der Waals surface area (Å²) in [6.07, 6.45) is 4.42. The normalized spacial score (nSPS) is 22.0. The number of nitrogens with one attached hydrogen (secondary N) is 1. The summed E-state index contributed by atoms with van der Waals surface area (Å²) in [5.74, 6) is -0.731. The highest BCUT2D eigenvalue weighted by Gasteiger charge is 2.32. The van der Waals surface area contributed by atoms with E-state index in [2.05, 4.69) is 12.2 Å². The van der Waals surface area contributed by atoms with Crippen LogP contribution in [0.3, 0.4) is 0 Å². The Labute approximate surface area is 79.5 Å². The predicted octanol–water partition coefficient (Wildman–Crippen LogP) is 1.63. The summed E-state index contributed by atoms with van der Waals surface area (Å²) in [7, 11) is 0. The van der Waals surface area contributed by atoms with Crippen molar-refractivity contribution in [2.75, 3.05) is 6.54 Å². The van der Waals surface area contributed by atoms with Crippen LogP contribution < -0.4 is 5.32 Å². The summed E-state index contributed by atoms with van der Waals surface area (Å²) < 4.78 is 0. The molecule has 1 fully saturated rings. The smallest absolute Gasteiger partial charge is 0.320 e. The monoisotopic (exact) mass is 185 g/mol. The van der Waals surface area contributed by atoms with E-state index in [1.165, 1.54) is 19.3 Å². The highest BCUT2D eigenvalue weighted by molar-refractivity contribution is 5.73. The summed E-state index contributed by atoms with van der Waals surface area (Å²) in [4.78, 5) is 10.7. The number of carboxylic acid groups (broad SMARTS) is 1. The minimum absolute atomic E-state index is 0.363. The molecule has 0 amide bonds. The molecule has 1 aliphatic rings. The van der Waals surface area contributed by atoms with Crippen LogP contribution in [0.5, 0.6) is 0 Å². The van der Waals surface area contributed by atoms with Gasteiger partial charge in [0.05, 0.1) is 0 Å². The van der Waals surface area contributed by atoms with Gasteiger partial charge < -0.3 is 10.4 Å². The van der Waals surface area contributed by atoms with E-state index < -0.39 is 5.97 Å². The molecule has 0 bridgehead atoms. The van der Waals surface area contributed by atoms with Crippen molar-refractivity contribution in [2.45, 2.75) is 45.6 Å². The van der Waals surface area contributed by atoms with E-state index in [0.29, 0.717) is 11.8 Å². The van der Waals surface area contributed by atoms with E-state index in [1.807, 2.05) is 6.92 Å². The first-order valence-electron chi connectivity index (χ1n) is 5.03. The van der Waals surface area contributed by atoms with Crippen LogP contribution in [0.25, 0.3) is 0 Å². The molecule has 1 aliphatic carbocycles. The first kappa shape index (κ1) is 10.5. The quantitative estimate of drug-likeness (QED) is 0.684. The first-order chi connectivity index (χ1) is 6.07. The fourth-order valence-corrected chi connectivity index (χ4v) is 1.73. The zero-order valence-corrected chi connectivity index (χ0v) is 8.47. The van der Waals surface area contributed by atoms with E-state index >= 15 is 0 Å². The summed E-state index contributed by atoms with van der Waals surface area (Å²) in [6, 6.07) is -0.363. The lowest BCUT2D eigenvalue weighted by Gasteiger charge is -2.39. The van der Waals surface area contributed by atoms with Crippen LogP contribution in [0.1, 0.15) is 39.5 Å². The number of hydrogen-bond donors (Lipinski definition) is 2. The van der Waals surface area contributed by atoms with Gasteiger partial charge in [0.1, 0.15) is 6.04 Å². The van der Waals surface area contributed by atoms with Gasteiger partial charge in [-0.3, -0.25) is 4.79 Å². The van der Waals surface area contributed by atoms with Gasteiger partial charge in [-0.1, -0.05) is 20.3 Å². The molecule has 0 heterocycles. The molecule has 1 unspecified atom stereocenters. The van der Waals surface area contributed by atoms with Crippen LogP contribution in [0.4, 0.5) is 0 Å². The summed E-state index contributed by atoms with van der Waals surface area (Å²) in [5.41, 5.74) is 0.364.